The van der Waals surface area contributed by atoms with Crippen molar-refractivity contribution >= 4 is 16.4 Å². The first-order valence-electron chi connectivity index (χ1n) is 7.59. The van der Waals surface area contributed by atoms with Gasteiger partial charge in [-0.3, -0.25) is 8.98 Å². The van der Waals surface area contributed by atoms with E-state index in [-0.39, 0.29) is 42.3 Å². The Bertz CT molecular complexity index is 334. The average Bonchev–Trinajstić information content (AvgIpc) is 2.34. The number of carbonyl (C=O) groups is 1. The van der Waals surface area contributed by atoms with Crippen LogP contribution in [0.25, 0.3) is 0 Å². The summed E-state index contributed by atoms with van der Waals surface area (Å²) in [5, 5.41) is 7.42. The normalized spacial score (nSPS) is 9.87. The van der Waals surface area contributed by atoms with Crippen LogP contribution in [-0.4, -0.2) is 30.7 Å². The maximum atomic E-state index is 10.1. The van der Waals surface area contributed by atoms with Gasteiger partial charge in [-0.1, -0.05) is 64.7 Å². The van der Waals surface area contributed by atoms with E-state index in [2.05, 4.69) is 11.1 Å². The van der Waals surface area contributed by atoms with Crippen molar-refractivity contribution in [1.82, 2.24) is 6.15 Å². The molecule has 7 nitrogen and oxygen atoms in total. The van der Waals surface area contributed by atoms with Crippen molar-refractivity contribution < 1.29 is 56.6 Å². The largest absolute Gasteiger partial charge is 1.00 e. The van der Waals surface area contributed by atoms with Crippen molar-refractivity contribution in [3.63, 3.8) is 0 Å². The zero-order chi connectivity index (χ0) is 16.6. The molecule has 0 bridgehead atoms. The average molecular weight is 365 g/mol. The van der Waals surface area contributed by atoms with Crippen LogP contribution in [0.15, 0.2) is 0 Å². The molecule has 0 spiro atoms. The molecule has 0 rings (SSSR count). The fourth-order valence-corrected chi connectivity index (χ4v) is 2.07. The molecule has 0 aromatic carbocycles. The van der Waals surface area contributed by atoms with Crippen LogP contribution < -0.4 is 35.7 Å². The van der Waals surface area contributed by atoms with Crippen LogP contribution in [0.1, 0.15) is 78.1 Å². The SMILES string of the molecule is CC(=O)O.CCCCCCCCCCCCOS(=O)(=O)[O-].N.[Na+]. The summed E-state index contributed by atoms with van der Waals surface area (Å²) in [7, 11) is -4.48. The fraction of sp³-hybridized carbons (Fsp3) is 0.929. The van der Waals surface area contributed by atoms with Gasteiger partial charge in [0.2, 0.25) is 10.4 Å². The topological polar surface area (TPSA) is 139 Å². The summed E-state index contributed by atoms with van der Waals surface area (Å²) in [5.41, 5.74) is 0. The molecule has 9 heteroatoms. The van der Waals surface area contributed by atoms with Crippen LogP contribution in [0.3, 0.4) is 0 Å². The van der Waals surface area contributed by atoms with Crippen molar-refractivity contribution in [2.45, 2.75) is 78.1 Å². The Morgan fingerprint density at radius 1 is 0.957 bits per heavy atom. The Hall–Kier alpha value is 0.300. The third-order valence-corrected chi connectivity index (χ3v) is 3.18. The Morgan fingerprint density at radius 3 is 1.57 bits per heavy atom. The summed E-state index contributed by atoms with van der Waals surface area (Å²) >= 11 is 0. The van der Waals surface area contributed by atoms with Crippen LogP contribution >= 0.6 is 0 Å². The van der Waals surface area contributed by atoms with Gasteiger partial charge in [-0.25, -0.2) is 8.42 Å². The fourth-order valence-electron chi connectivity index (χ4n) is 1.75. The van der Waals surface area contributed by atoms with Gasteiger partial charge in [0.1, 0.15) is 0 Å². The number of unbranched alkanes of at least 4 members (excludes halogenated alkanes) is 9. The number of hydrogen-bond acceptors (Lipinski definition) is 6. The predicted molar refractivity (Wildman–Crippen MR) is 85.8 cm³/mol. The summed E-state index contributed by atoms with van der Waals surface area (Å²) in [6, 6.07) is 0. The van der Waals surface area contributed by atoms with Crippen molar-refractivity contribution in [3.8, 4) is 0 Å². The van der Waals surface area contributed by atoms with E-state index in [4.69, 9.17) is 9.90 Å². The quantitative estimate of drug-likeness (QED) is 0.224. The molecular weight excluding hydrogens is 333 g/mol. The van der Waals surface area contributed by atoms with Gasteiger partial charge in [0, 0.05) is 6.92 Å². The van der Waals surface area contributed by atoms with Crippen LogP contribution in [0, 0.1) is 0 Å². The van der Waals surface area contributed by atoms with Crippen LogP contribution in [-0.2, 0) is 19.4 Å². The minimum atomic E-state index is -4.48. The molecule has 0 fully saturated rings. The second-order valence-electron chi connectivity index (χ2n) is 4.93. The van der Waals surface area contributed by atoms with Gasteiger partial charge in [0.05, 0.1) is 6.61 Å². The van der Waals surface area contributed by atoms with Crippen LogP contribution in [0.5, 0.6) is 0 Å². The van der Waals surface area contributed by atoms with Gasteiger partial charge >= 0.3 is 29.6 Å². The molecule has 0 radical (unpaired) electrons. The Labute approximate surface area is 163 Å². The molecule has 0 aliphatic rings. The van der Waals surface area contributed by atoms with Crippen molar-refractivity contribution in [2.24, 2.45) is 0 Å². The molecule has 0 aromatic rings. The minimum absolute atomic E-state index is 0. The third kappa shape index (κ3) is 44.9. The molecule has 0 atom stereocenters. The predicted octanol–water partition coefficient (Wildman–Crippen LogP) is 0.641. The van der Waals surface area contributed by atoms with Gasteiger partial charge in [-0.05, 0) is 6.42 Å². The summed E-state index contributed by atoms with van der Waals surface area (Å²) in [6.45, 7) is 3.33. The minimum Gasteiger partial charge on any atom is -0.726 e. The zero-order valence-corrected chi connectivity index (χ0v) is 17.7. The summed E-state index contributed by atoms with van der Waals surface area (Å²) in [6.07, 6.45) is 11.7. The van der Waals surface area contributed by atoms with E-state index in [1.165, 1.54) is 44.9 Å². The molecule has 23 heavy (non-hydrogen) atoms. The smallest absolute Gasteiger partial charge is 0.726 e. The second-order valence-corrected chi connectivity index (χ2v) is 5.98. The Morgan fingerprint density at radius 2 is 1.26 bits per heavy atom. The number of hydrogen-bond donors (Lipinski definition) is 2. The molecule has 0 saturated carbocycles. The van der Waals surface area contributed by atoms with E-state index in [1.54, 1.807) is 0 Å². The first-order valence-corrected chi connectivity index (χ1v) is 8.92. The van der Waals surface area contributed by atoms with Crippen molar-refractivity contribution in [2.75, 3.05) is 6.61 Å². The van der Waals surface area contributed by atoms with E-state index in [1.807, 2.05) is 0 Å². The molecule has 0 unspecified atom stereocenters. The first kappa shape index (κ1) is 31.1. The Balaban J connectivity index is -0.000000268. The number of aliphatic carboxylic acids is 1. The van der Waals surface area contributed by atoms with E-state index >= 15 is 0 Å². The maximum Gasteiger partial charge on any atom is 1.00 e. The maximum absolute atomic E-state index is 10.1. The van der Waals surface area contributed by atoms with E-state index in [0.717, 1.165) is 19.8 Å². The van der Waals surface area contributed by atoms with E-state index in [0.29, 0.717) is 6.42 Å². The molecule has 4 N–H and O–H groups in total. The zero-order valence-electron chi connectivity index (χ0n) is 14.9. The van der Waals surface area contributed by atoms with Gasteiger partial charge in [-0.2, -0.15) is 0 Å². The van der Waals surface area contributed by atoms with E-state index in [9.17, 15) is 13.0 Å². The molecule has 0 aliphatic carbocycles. The van der Waals surface area contributed by atoms with Crippen molar-refractivity contribution in [1.29, 1.82) is 0 Å². The summed E-state index contributed by atoms with van der Waals surface area (Å²) in [4.78, 5) is 9.00. The first-order chi connectivity index (χ1) is 9.79. The summed E-state index contributed by atoms with van der Waals surface area (Å²) < 4.78 is 34.5. The van der Waals surface area contributed by atoms with Gasteiger partial charge in [0.15, 0.2) is 0 Å². The van der Waals surface area contributed by atoms with Crippen LogP contribution in [0.4, 0.5) is 0 Å². The van der Waals surface area contributed by atoms with E-state index < -0.39 is 16.4 Å². The Kier molecular flexibility index (Phi) is 30.2. The molecule has 136 valence electrons. The van der Waals surface area contributed by atoms with Crippen LogP contribution in [0.2, 0.25) is 0 Å². The monoisotopic (exact) mass is 365 g/mol. The molecule has 0 heterocycles. The standard InChI is InChI=1S/C12H26O4S.C2H4O2.H3N.Na/c1-2-3-4-5-6-7-8-9-10-11-12-16-17(13,14)15;1-2(3)4;;/h2-12H2,1H3,(H,13,14,15);1H3,(H,3,4);1H3;/q;;;+1/p-1. The number of rotatable bonds is 12. The molecular formula is C14H32NNaO6S. The third-order valence-electron chi connectivity index (χ3n) is 2.73. The van der Waals surface area contributed by atoms with Crippen molar-refractivity contribution in [3.05, 3.63) is 0 Å². The molecule has 0 aliphatic heterocycles. The molecule has 0 aromatic heterocycles. The number of carboxylic acid groups (broad SMARTS) is 1. The van der Waals surface area contributed by atoms with Gasteiger partial charge in [-0.15, -0.1) is 0 Å². The molecule has 0 saturated heterocycles. The van der Waals surface area contributed by atoms with Gasteiger partial charge < -0.3 is 15.8 Å². The number of carboxylic acids is 1. The van der Waals surface area contributed by atoms with Gasteiger partial charge in [0.25, 0.3) is 5.97 Å². The summed E-state index contributed by atoms with van der Waals surface area (Å²) in [5.74, 6) is -0.833. The second kappa shape index (κ2) is 22.3. The molecule has 0 amide bonds.